The van der Waals surface area contributed by atoms with Crippen LogP contribution in [0.3, 0.4) is 0 Å². The Bertz CT molecular complexity index is 635. The van der Waals surface area contributed by atoms with E-state index in [1.807, 2.05) is 30.0 Å². The molecule has 0 saturated carbocycles. The number of benzene rings is 1. The van der Waals surface area contributed by atoms with Gasteiger partial charge in [0.15, 0.2) is 0 Å². The van der Waals surface area contributed by atoms with E-state index < -0.39 is 0 Å². The highest BCUT2D eigenvalue weighted by Gasteiger charge is 2.20. The van der Waals surface area contributed by atoms with E-state index in [4.69, 9.17) is 16.3 Å². The van der Waals surface area contributed by atoms with Gasteiger partial charge in [-0.2, -0.15) is 0 Å². The van der Waals surface area contributed by atoms with Crippen molar-refractivity contribution in [2.75, 3.05) is 12.9 Å². The van der Waals surface area contributed by atoms with Crippen molar-refractivity contribution in [1.29, 1.82) is 0 Å². The Balaban J connectivity index is 1.73. The molecular formula is C16H17ClN2OS. The zero-order chi connectivity index (χ0) is 14.7. The molecule has 1 aliphatic heterocycles. The Morgan fingerprint density at radius 2 is 2.29 bits per heavy atom. The van der Waals surface area contributed by atoms with Gasteiger partial charge in [-0.1, -0.05) is 11.6 Å². The smallest absolute Gasteiger partial charge is 0.213 e. The van der Waals surface area contributed by atoms with Crippen LogP contribution in [0.1, 0.15) is 23.6 Å². The lowest BCUT2D eigenvalue weighted by atomic mass is 10.0. The molecule has 1 aromatic heterocycles. The predicted molar refractivity (Wildman–Crippen MR) is 87.2 cm³/mol. The first-order valence-corrected chi connectivity index (χ1v) is 8.27. The van der Waals surface area contributed by atoms with Gasteiger partial charge in [0.1, 0.15) is 0 Å². The first kappa shape index (κ1) is 14.7. The van der Waals surface area contributed by atoms with Gasteiger partial charge in [-0.25, -0.2) is 4.98 Å². The molecule has 21 heavy (non-hydrogen) atoms. The van der Waals surface area contributed by atoms with E-state index in [1.54, 1.807) is 13.3 Å². The predicted octanol–water partition coefficient (Wildman–Crippen LogP) is 4.07. The van der Waals surface area contributed by atoms with E-state index in [-0.39, 0.29) is 0 Å². The molecule has 0 spiro atoms. The summed E-state index contributed by atoms with van der Waals surface area (Å²) in [6, 6.07) is 10.5. The Morgan fingerprint density at radius 1 is 1.38 bits per heavy atom. The maximum absolute atomic E-state index is 6.14. The maximum Gasteiger partial charge on any atom is 0.213 e. The molecule has 1 N–H and O–H groups in total. The summed E-state index contributed by atoms with van der Waals surface area (Å²) in [5.74, 6) is 1.78. The van der Waals surface area contributed by atoms with Crippen molar-refractivity contribution in [1.82, 2.24) is 10.3 Å². The van der Waals surface area contributed by atoms with Crippen molar-refractivity contribution >= 4 is 23.4 Å². The van der Waals surface area contributed by atoms with Crippen LogP contribution in [-0.4, -0.2) is 17.8 Å². The molecule has 5 heteroatoms. The number of hydrogen-bond acceptors (Lipinski definition) is 4. The first-order chi connectivity index (χ1) is 10.3. The molecule has 0 saturated heterocycles. The molecule has 1 atom stereocenters. The minimum Gasteiger partial charge on any atom is -0.481 e. The van der Waals surface area contributed by atoms with Crippen LogP contribution in [0.15, 0.2) is 41.4 Å². The number of methoxy groups -OCH3 is 1. The number of hydrogen-bond donors (Lipinski definition) is 1. The molecule has 110 valence electrons. The topological polar surface area (TPSA) is 34.1 Å². The van der Waals surface area contributed by atoms with Crippen molar-refractivity contribution < 1.29 is 4.74 Å². The fraction of sp³-hybridized carbons (Fsp3) is 0.312. The second-order valence-corrected chi connectivity index (χ2v) is 6.53. The Hall–Kier alpha value is -1.23. The van der Waals surface area contributed by atoms with E-state index in [0.717, 1.165) is 23.7 Å². The van der Waals surface area contributed by atoms with Crippen LogP contribution >= 0.6 is 23.4 Å². The molecule has 1 aromatic carbocycles. The SMILES string of the molecule is COc1cc(CNC2CCSc3ccc(Cl)cc32)ccn1. The average molecular weight is 321 g/mol. The van der Waals surface area contributed by atoms with Gasteiger partial charge in [0.05, 0.1) is 7.11 Å². The van der Waals surface area contributed by atoms with Gasteiger partial charge in [0.25, 0.3) is 0 Å². The van der Waals surface area contributed by atoms with Crippen LogP contribution in [0.4, 0.5) is 0 Å². The minimum absolute atomic E-state index is 0.346. The fourth-order valence-corrected chi connectivity index (χ4v) is 3.78. The third-order valence-electron chi connectivity index (χ3n) is 3.57. The molecule has 3 nitrogen and oxygen atoms in total. The van der Waals surface area contributed by atoms with E-state index in [1.165, 1.54) is 16.0 Å². The molecule has 2 heterocycles. The third kappa shape index (κ3) is 3.51. The lowest BCUT2D eigenvalue weighted by molar-refractivity contribution is 0.396. The molecule has 1 unspecified atom stereocenters. The van der Waals surface area contributed by atoms with Crippen LogP contribution in [0.25, 0.3) is 0 Å². The number of aromatic nitrogens is 1. The Kier molecular flexibility index (Phi) is 4.68. The lowest BCUT2D eigenvalue weighted by Crippen LogP contribution is -2.24. The number of fused-ring (bicyclic) bond motifs is 1. The van der Waals surface area contributed by atoms with Gasteiger partial charge >= 0.3 is 0 Å². The molecule has 3 rings (SSSR count). The zero-order valence-corrected chi connectivity index (χ0v) is 13.4. The van der Waals surface area contributed by atoms with Gasteiger partial charge in [0.2, 0.25) is 5.88 Å². The number of thioether (sulfide) groups is 1. The Morgan fingerprint density at radius 3 is 3.14 bits per heavy atom. The van der Waals surface area contributed by atoms with E-state index in [0.29, 0.717) is 11.9 Å². The summed E-state index contributed by atoms with van der Waals surface area (Å²) < 4.78 is 5.16. The lowest BCUT2D eigenvalue weighted by Gasteiger charge is -2.26. The number of pyridine rings is 1. The highest BCUT2D eigenvalue weighted by Crippen LogP contribution is 2.37. The summed E-state index contributed by atoms with van der Waals surface area (Å²) in [6.07, 6.45) is 2.89. The van der Waals surface area contributed by atoms with Crippen molar-refractivity contribution in [3.8, 4) is 5.88 Å². The maximum atomic E-state index is 6.14. The molecule has 1 aliphatic rings. The number of nitrogens with one attached hydrogen (secondary N) is 1. The molecule has 0 amide bonds. The number of halogens is 1. The third-order valence-corrected chi connectivity index (χ3v) is 4.93. The first-order valence-electron chi connectivity index (χ1n) is 6.91. The summed E-state index contributed by atoms with van der Waals surface area (Å²) in [4.78, 5) is 5.46. The number of rotatable bonds is 4. The van der Waals surface area contributed by atoms with Crippen molar-refractivity contribution in [2.45, 2.75) is 23.9 Å². The summed E-state index contributed by atoms with van der Waals surface area (Å²) in [5.41, 5.74) is 2.48. The van der Waals surface area contributed by atoms with Gasteiger partial charge in [0, 0.05) is 34.8 Å². The monoisotopic (exact) mass is 320 g/mol. The average Bonchev–Trinajstić information content (AvgIpc) is 2.53. The number of ether oxygens (including phenoxy) is 1. The van der Waals surface area contributed by atoms with Crippen molar-refractivity contribution in [3.05, 3.63) is 52.7 Å². The van der Waals surface area contributed by atoms with Crippen LogP contribution in [-0.2, 0) is 6.54 Å². The normalized spacial score (nSPS) is 17.3. The van der Waals surface area contributed by atoms with Gasteiger partial charge < -0.3 is 10.1 Å². The van der Waals surface area contributed by atoms with Crippen molar-refractivity contribution in [3.63, 3.8) is 0 Å². The zero-order valence-electron chi connectivity index (χ0n) is 11.8. The van der Waals surface area contributed by atoms with Crippen LogP contribution < -0.4 is 10.1 Å². The molecule has 0 fully saturated rings. The highest BCUT2D eigenvalue weighted by atomic mass is 35.5. The van der Waals surface area contributed by atoms with Crippen LogP contribution in [0.5, 0.6) is 5.88 Å². The molecular weight excluding hydrogens is 304 g/mol. The highest BCUT2D eigenvalue weighted by molar-refractivity contribution is 7.99. The van der Waals surface area contributed by atoms with Crippen LogP contribution in [0.2, 0.25) is 5.02 Å². The summed E-state index contributed by atoms with van der Waals surface area (Å²) in [7, 11) is 1.64. The van der Waals surface area contributed by atoms with E-state index >= 15 is 0 Å². The largest absolute Gasteiger partial charge is 0.481 e. The standard InChI is InChI=1S/C16H17ClN2OS/c1-20-16-8-11(4-6-18-16)10-19-14-5-7-21-15-3-2-12(17)9-13(14)15/h2-4,6,8-9,14,19H,5,7,10H2,1H3. The molecule has 0 bridgehead atoms. The van der Waals surface area contributed by atoms with Gasteiger partial charge in [-0.05, 0) is 47.6 Å². The Labute approximate surface area is 134 Å². The summed E-state index contributed by atoms with van der Waals surface area (Å²) in [5, 5.41) is 4.42. The van der Waals surface area contributed by atoms with Gasteiger partial charge in [-0.15, -0.1) is 11.8 Å². The van der Waals surface area contributed by atoms with Gasteiger partial charge in [-0.3, -0.25) is 0 Å². The van der Waals surface area contributed by atoms with E-state index in [2.05, 4.69) is 22.4 Å². The molecule has 0 radical (unpaired) electrons. The van der Waals surface area contributed by atoms with Crippen LogP contribution in [0, 0.1) is 0 Å². The molecule has 0 aliphatic carbocycles. The van der Waals surface area contributed by atoms with Crippen molar-refractivity contribution in [2.24, 2.45) is 0 Å². The van der Waals surface area contributed by atoms with E-state index in [9.17, 15) is 0 Å². The quantitative estimate of drug-likeness (QED) is 0.920. The second kappa shape index (κ2) is 6.69. The molecule has 2 aromatic rings. The second-order valence-electron chi connectivity index (χ2n) is 4.96. The summed E-state index contributed by atoms with van der Waals surface area (Å²) >= 11 is 8.04. The number of nitrogens with zero attached hydrogens (tertiary/aromatic N) is 1. The minimum atomic E-state index is 0.346. The summed E-state index contributed by atoms with van der Waals surface area (Å²) in [6.45, 7) is 0.792. The fourth-order valence-electron chi connectivity index (χ4n) is 2.49.